The van der Waals surface area contributed by atoms with Gasteiger partial charge in [0.15, 0.2) is 0 Å². The van der Waals surface area contributed by atoms with Crippen molar-refractivity contribution >= 4 is 17.5 Å². The summed E-state index contributed by atoms with van der Waals surface area (Å²) in [5.74, 6) is 0.643. The number of anilines is 1. The van der Waals surface area contributed by atoms with Crippen LogP contribution in [0.2, 0.25) is 0 Å². The summed E-state index contributed by atoms with van der Waals surface area (Å²) in [7, 11) is 1.58. The van der Waals surface area contributed by atoms with E-state index in [1.165, 1.54) is 0 Å². The first-order valence-electron chi connectivity index (χ1n) is 9.14. The van der Waals surface area contributed by atoms with Crippen LogP contribution >= 0.6 is 0 Å². The molecule has 0 aromatic heterocycles. The number of amides is 2. The maximum Gasteiger partial charge on any atom is 0.255 e. The number of carbonyl (C=O) groups excluding carboxylic acids is 2. The van der Waals surface area contributed by atoms with E-state index in [2.05, 4.69) is 22.9 Å². The van der Waals surface area contributed by atoms with Crippen LogP contribution in [0.1, 0.15) is 34.1 Å². The summed E-state index contributed by atoms with van der Waals surface area (Å²) in [6, 6.07) is 14.0. The molecule has 0 radical (unpaired) electrons. The Morgan fingerprint density at radius 1 is 1.07 bits per heavy atom. The number of piperidine rings is 1. The molecule has 3 N–H and O–H groups in total. The quantitative estimate of drug-likeness (QED) is 0.759. The molecule has 6 heteroatoms. The third-order valence-electron chi connectivity index (χ3n) is 4.92. The molecule has 0 bridgehead atoms. The van der Waals surface area contributed by atoms with Gasteiger partial charge in [0.1, 0.15) is 5.75 Å². The summed E-state index contributed by atoms with van der Waals surface area (Å²) in [4.78, 5) is 25.3. The monoisotopic (exact) mass is 367 g/mol. The Bertz CT molecular complexity index is 805. The van der Waals surface area contributed by atoms with Gasteiger partial charge in [-0.3, -0.25) is 9.59 Å². The predicted octanol–water partition coefficient (Wildman–Crippen LogP) is 2.68. The number of hydrogen-bond acceptors (Lipinski definition) is 4. The van der Waals surface area contributed by atoms with Gasteiger partial charge < -0.3 is 20.7 Å². The second-order valence-corrected chi connectivity index (χ2v) is 6.78. The van der Waals surface area contributed by atoms with Crippen LogP contribution in [0.4, 0.5) is 5.69 Å². The Balaban J connectivity index is 1.72. The lowest BCUT2D eigenvalue weighted by Crippen LogP contribution is -2.50. The fraction of sp³-hybridized carbons (Fsp3) is 0.333. The van der Waals surface area contributed by atoms with Crippen LogP contribution in [0.5, 0.6) is 5.75 Å². The van der Waals surface area contributed by atoms with E-state index >= 15 is 0 Å². The Labute approximate surface area is 159 Å². The SMILES string of the molecule is COc1ccc(C(=O)Nc2ccccc2C(=O)NC2CNCCC2C)cc1. The summed E-state index contributed by atoms with van der Waals surface area (Å²) in [5.41, 5.74) is 1.44. The van der Waals surface area contributed by atoms with Gasteiger partial charge >= 0.3 is 0 Å². The zero-order chi connectivity index (χ0) is 19.2. The average molecular weight is 367 g/mol. The Kier molecular flexibility index (Phi) is 6.08. The fourth-order valence-corrected chi connectivity index (χ4v) is 3.16. The third kappa shape index (κ3) is 4.65. The number of nitrogens with one attached hydrogen (secondary N) is 3. The van der Waals surface area contributed by atoms with Gasteiger partial charge in [0.25, 0.3) is 11.8 Å². The summed E-state index contributed by atoms with van der Waals surface area (Å²) in [6.45, 7) is 3.87. The number of carbonyl (C=O) groups is 2. The van der Waals surface area contributed by atoms with Gasteiger partial charge in [-0.15, -0.1) is 0 Å². The number of para-hydroxylation sites is 1. The predicted molar refractivity (Wildman–Crippen MR) is 105 cm³/mol. The molecular formula is C21H25N3O3. The first kappa shape index (κ1) is 18.9. The van der Waals surface area contributed by atoms with Crippen molar-refractivity contribution in [3.63, 3.8) is 0 Å². The van der Waals surface area contributed by atoms with Gasteiger partial charge in [-0.05, 0) is 55.3 Å². The molecule has 1 fully saturated rings. The van der Waals surface area contributed by atoms with Crippen LogP contribution in [0.15, 0.2) is 48.5 Å². The normalized spacial score (nSPS) is 19.2. The van der Waals surface area contributed by atoms with Crippen molar-refractivity contribution < 1.29 is 14.3 Å². The second kappa shape index (κ2) is 8.68. The Morgan fingerprint density at radius 3 is 2.52 bits per heavy atom. The maximum absolute atomic E-state index is 12.8. The van der Waals surface area contributed by atoms with E-state index in [1.54, 1.807) is 55.6 Å². The van der Waals surface area contributed by atoms with E-state index in [0.29, 0.717) is 28.5 Å². The highest BCUT2D eigenvalue weighted by Gasteiger charge is 2.24. The molecule has 2 aromatic carbocycles. The molecule has 2 unspecified atom stereocenters. The van der Waals surface area contributed by atoms with Crippen molar-refractivity contribution in [2.45, 2.75) is 19.4 Å². The molecule has 27 heavy (non-hydrogen) atoms. The van der Waals surface area contributed by atoms with Crippen molar-refractivity contribution in [2.24, 2.45) is 5.92 Å². The topological polar surface area (TPSA) is 79.5 Å². The number of methoxy groups -OCH3 is 1. The lowest BCUT2D eigenvalue weighted by molar-refractivity contribution is 0.0916. The molecule has 0 aliphatic carbocycles. The van der Waals surface area contributed by atoms with Crippen molar-refractivity contribution in [1.29, 1.82) is 0 Å². The lowest BCUT2D eigenvalue weighted by Gasteiger charge is -2.30. The molecule has 1 aliphatic rings. The standard InChI is InChI=1S/C21H25N3O3/c1-14-11-12-22-13-19(14)24-21(26)17-5-3-4-6-18(17)23-20(25)15-7-9-16(27-2)10-8-15/h3-10,14,19,22H,11-13H2,1-2H3,(H,23,25)(H,24,26). The van der Waals surface area contributed by atoms with E-state index in [0.717, 1.165) is 19.5 Å². The molecule has 142 valence electrons. The molecule has 2 atom stereocenters. The maximum atomic E-state index is 12.8. The lowest BCUT2D eigenvalue weighted by atomic mass is 9.94. The number of hydrogen-bond donors (Lipinski definition) is 3. The van der Waals surface area contributed by atoms with Crippen molar-refractivity contribution in [1.82, 2.24) is 10.6 Å². The first-order valence-corrected chi connectivity index (χ1v) is 9.14. The van der Waals surface area contributed by atoms with E-state index < -0.39 is 0 Å². The van der Waals surface area contributed by atoms with Crippen LogP contribution in [0.3, 0.4) is 0 Å². The van der Waals surface area contributed by atoms with E-state index in [-0.39, 0.29) is 17.9 Å². The molecule has 1 heterocycles. The Hall–Kier alpha value is -2.86. The van der Waals surface area contributed by atoms with Gasteiger partial charge in [0.2, 0.25) is 0 Å². The molecule has 1 aliphatic heterocycles. The van der Waals surface area contributed by atoms with Crippen LogP contribution in [0.25, 0.3) is 0 Å². The van der Waals surface area contributed by atoms with Crippen molar-refractivity contribution in [2.75, 3.05) is 25.5 Å². The van der Waals surface area contributed by atoms with Crippen molar-refractivity contribution in [3.05, 3.63) is 59.7 Å². The molecule has 1 saturated heterocycles. The molecular weight excluding hydrogens is 342 g/mol. The van der Waals surface area contributed by atoms with E-state index in [9.17, 15) is 9.59 Å². The summed E-state index contributed by atoms with van der Waals surface area (Å²) in [6.07, 6.45) is 1.03. The highest BCUT2D eigenvalue weighted by atomic mass is 16.5. The molecule has 3 rings (SSSR count). The van der Waals surface area contributed by atoms with Gasteiger partial charge in [0.05, 0.1) is 18.4 Å². The summed E-state index contributed by atoms with van der Waals surface area (Å²) in [5, 5.41) is 9.23. The van der Waals surface area contributed by atoms with E-state index in [4.69, 9.17) is 4.74 Å². The van der Waals surface area contributed by atoms with Gasteiger partial charge in [-0.1, -0.05) is 19.1 Å². The van der Waals surface area contributed by atoms with E-state index in [1.807, 2.05) is 0 Å². The van der Waals surface area contributed by atoms with Crippen LogP contribution < -0.4 is 20.7 Å². The largest absolute Gasteiger partial charge is 0.497 e. The van der Waals surface area contributed by atoms with Crippen LogP contribution in [0, 0.1) is 5.92 Å². The minimum atomic E-state index is -0.273. The smallest absolute Gasteiger partial charge is 0.255 e. The number of rotatable bonds is 5. The van der Waals surface area contributed by atoms with Crippen molar-refractivity contribution in [3.8, 4) is 5.75 Å². The number of ether oxygens (including phenoxy) is 1. The highest BCUT2D eigenvalue weighted by molar-refractivity contribution is 6.09. The number of benzene rings is 2. The fourth-order valence-electron chi connectivity index (χ4n) is 3.16. The average Bonchev–Trinajstić information content (AvgIpc) is 2.70. The minimum Gasteiger partial charge on any atom is -0.497 e. The molecule has 0 spiro atoms. The van der Waals surface area contributed by atoms with Crippen LogP contribution in [-0.4, -0.2) is 38.1 Å². The zero-order valence-corrected chi connectivity index (χ0v) is 15.6. The first-order chi connectivity index (χ1) is 13.1. The van der Waals surface area contributed by atoms with Crippen LogP contribution in [-0.2, 0) is 0 Å². The second-order valence-electron chi connectivity index (χ2n) is 6.78. The Morgan fingerprint density at radius 2 is 1.81 bits per heavy atom. The van der Waals surface area contributed by atoms with Gasteiger partial charge in [0, 0.05) is 18.2 Å². The molecule has 2 aromatic rings. The minimum absolute atomic E-state index is 0.0802. The van der Waals surface area contributed by atoms with Gasteiger partial charge in [-0.2, -0.15) is 0 Å². The molecule has 0 saturated carbocycles. The third-order valence-corrected chi connectivity index (χ3v) is 4.92. The van der Waals surface area contributed by atoms with Gasteiger partial charge in [-0.25, -0.2) is 0 Å². The molecule has 2 amide bonds. The summed E-state index contributed by atoms with van der Waals surface area (Å²) < 4.78 is 5.11. The summed E-state index contributed by atoms with van der Waals surface area (Å²) >= 11 is 0. The highest BCUT2D eigenvalue weighted by Crippen LogP contribution is 2.19. The zero-order valence-electron chi connectivity index (χ0n) is 15.6. The molecule has 6 nitrogen and oxygen atoms in total.